The molecule has 1 aliphatic rings. The van der Waals surface area contributed by atoms with Crippen molar-refractivity contribution in [3.05, 3.63) is 46.2 Å². The van der Waals surface area contributed by atoms with Gasteiger partial charge in [0.15, 0.2) is 11.5 Å². The van der Waals surface area contributed by atoms with E-state index in [4.69, 9.17) is 9.47 Å². The summed E-state index contributed by atoms with van der Waals surface area (Å²) in [6, 6.07) is 7.96. The average molecular weight is 375 g/mol. The van der Waals surface area contributed by atoms with E-state index in [9.17, 15) is 14.4 Å². The van der Waals surface area contributed by atoms with E-state index in [2.05, 4.69) is 16.2 Å². The van der Waals surface area contributed by atoms with Crippen LogP contribution in [0.4, 0.5) is 0 Å². The third-order valence-corrected chi connectivity index (χ3v) is 4.59. The van der Waals surface area contributed by atoms with Gasteiger partial charge in [0.1, 0.15) is 0 Å². The molecule has 0 saturated carbocycles. The standard InChI is InChI=1S/C17H17N3O5S/c1-10(21)18-12(15-3-2-6-26-15)8-16(22)19-20-17(23)11-4-5-13-14(7-11)25-9-24-13/h2-7,12H,8-9H2,1H3,(H,18,21)(H,19,22)(H,20,23). The van der Waals surface area contributed by atoms with E-state index in [1.165, 1.54) is 24.3 Å². The molecule has 0 bridgehead atoms. The second-order valence-electron chi connectivity index (χ2n) is 5.54. The average Bonchev–Trinajstić information content (AvgIpc) is 3.29. The molecule has 3 amide bonds. The Bertz CT molecular complexity index is 822. The summed E-state index contributed by atoms with van der Waals surface area (Å²) in [4.78, 5) is 36.5. The van der Waals surface area contributed by atoms with Crippen molar-refractivity contribution in [3.63, 3.8) is 0 Å². The molecule has 3 rings (SSSR count). The zero-order valence-electron chi connectivity index (χ0n) is 13.9. The molecular weight excluding hydrogens is 358 g/mol. The smallest absolute Gasteiger partial charge is 0.269 e. The van der Waals surface area contributed by atoms with Gasteiger partial charge in [0.2, 0.25) is 18.6 Å². The summed E-state index contributed by atoms with van der Waals surface area (Å²) in [7, 11) is 0. The topological polar surface area (TPSA) is 106 Å². The minimum Gasteiger partial charge on any atom is -0.454 e. The lowest BCUT2D eigenvalue weighted by Crippen LogP contribution is -2.43. The van der Waals surface area contributed by atoms with Gasteiger partial charge in [-0.15, -0.1) is 11.3 Å². The molecule has 1 aromatic heterocycles. The van der Waals surface area contributed by atoms with Crippen molar-refractivity contribution < 1.29 is 23.9 Å². The predicted molar refractivity (Wildman–Crippen MR) is 93.7 cm³/mol. The number of nitrogens with one attached hydrogen (secondary N) is 3. The summed E-state index contributed by atoms with van der Waals surface area (Å²) in [6.45, 7) is 1.50. The Hall–Kier alpha value is -3.07. The van der Waals surface area contributed by atoms with Crippen molar-refractivity contribution in [1.29, 1.82) is 0 Å². The van der Waals surface area contributed by atoms with Gasteiger partial charge in [0.25, 0.3) is 5.91 Å². The summed E-state index contributed by atoms with van der Waals surface area (Å²) in [6.07, 6.45) is 0.00150. The van der Waals surface area contributed by atoms with Crippen molar-refractivity contribution in [2.75, 3.05) is 6.79 Å². The van der Waals surface area contributed by atoms with Crippen molar-refractivity contribution in [3.8, 4) is 11.5 Å². The van der Waals surface area contributed by atoms with Gasteiger partial charge in [-0.2, -0.15) is 0 Å². The second kappa shape index (κ2) is 7.87. The number of amides is 3. The molecule has 2 heterocycles. The Morgan fingerprint density at radius 2 is 1.96 bits per heavy atom. The van der Waals surface area contributed by atoms with Crippen LogP contribution < -0.4 is 25.6 Å². The Kier molecular flexibility index (Phi) is 5.37. The molecule has 0 fully saturated rings. The van der Waals surface area contributed by atoms with Crippen LogP contribution in [0, 0.1) is 0 Å². The van der Waals surface area contributed by atoms with Crippen LogP contribution in [0.2, 0.25) is 0 Å². The second-order valence-corrected chi connectivity index (χ2v) is 6.52. The lowest BCUT2D eigenvalue weighted by atomic mass is 10.1. The molecule has 2 aromatic rings. The Morgan fingerprint density at radius 3 is 2.69 bits per heavy atom. The van der Waals surface area contributed by atoms with Crippen LogP contribution in [0.5, 0.6) is 11.5 Å². The van der Waals surface area contributed by atoms with Crippen molar-refractivity contribution in [2.45, 2.75) is 19.4 Å². The number of carbonyl (C=O) groups excluding carboxylic acids is 3. The number of hydrazine groups is 1. The summed E-state index contributed by atoms with van der Waals surface area (Å²) in [5, 5.41) is 4.59. The fourth-order valence-corrected chi connectivity index (χ4v) is 3.21. The van der Waals surface area contributed by atoms with Gasteiger partial charge in [-0.05, 0) is 29.6 Å². The Morgan fingerprint density at radius 1 is 1.15 bits per heavy atom. The highest BCUT2D eigenvalue weighted by Gasteiger charge is 2.19. The van der Waals surface area contributed by atoms with E-state index >= 15 is 0 Å². The van der Waals surface area contributed by atoms with E-state index in [0.29, 0.717) is 17.1 Å². The van der Waals surface area contributed by atoms with Crippen LogP contribution in [0.25, 0.3) is 0 Å². The third kappa shape index (κ3) is 4.31. The molecule has 1 aliphatic heterocycles. The molecule has 26 heavy (non-hydrogen) atoms. The normalized spacial score (nSPS) is 13.0. The van der Waals surface area contributed by atoms with Crippen LogP contribution in [0.1, 0.15) is 34.6 Å². The fourth-order valence-electron chi connectivity index (χ4n) is 2.43. The maximum Gasteiger partial charge on any atom is 0.269 e. The van der Waals surface area contributed by atoms with Crippen molar-refractivity contribution in [2.24, 2.45) is 0 Å². The van der Waals surface area contributed by atoms with E-state index in [1.54, 1.807) is 12.1 Å². The van der Waals surface area contributed by atoms with Crippen LogP contribution in [-0.2, 0) is 9.59 Å². The summed E-state index contributed by atoms with van der Waals surface area (Å²) in [5.41, 5.74) is 5.03. The third-order valence-electron chi connectivity index (χ3n) is 3.60. The van der Waals surface area contributed by atoms with Gasteiger partial charge < -0.3 is 14.8 Å². The minimum atomic E-state index is -0.483. The molecule has 136 valence electrons. The zero-order valence-corrected chi connectivity index (χ0v) is 14.7. The predicted octanol–water partition coefficient (Wildman–Crippen LogP) is 1.51. The first kappa shape index (κ1) is 17.7. The molecule has 1 atom stereocenters. The number of carbonyl (C=O) groups is 3. The molecule has 3 N–H and O–H groups in total. The van der Waals surface area contributed by atoms with E-state index < -0.39 is 17.9 Å². The van der Waals surface area contributed by atoms with Crippen LogP contribution in [-0.4, -0.2) is 24.5 Å². The van der Waals surface area contributed by atoms with E-state index in [0.717, 1.165) is 4.88 Å². The highest BCUT2D eigenvalue weighted by molar-refractivity contribution is 7.10. The van der Waals surface area contributed by atoms with E-state index in [1.807, 2.05) is 17.5 Å². The number of hydrogen-bond acceptors (Lipinski definition) is 6. The first-order chi connectivity index (χ1) is 12.5. The first-order valence-electron chi connectivity index (χ1n) is 7.82. The number of rotatable bonds is 5. The Balaban J connectivity index is 1.55. The van der Waals surface area contributed by atoms with Gasteiger partial charge in [0, 0.05) is 17.4 Å². The van der Waals surface area contributed by atoms with Gasteiger partial charge >= 0.3 is 0 Å². The van der Waals surface area contributed by atoms with Gasteiger partial charge in [-0.1, -0.05) is 6.07 Å². The highest BCUT2D eigenvalue weighted by atomic mass is 32.1. The van der Waals surface area contributed by atoms with Crippen LogP contribution in [0.15, 0.2) is 35.7 Å². The molecule has 0 radical (unpaired) electrons. The van der Waals surface area contributed by atoms with Gasteiger partial charge in [0.05, 0.1) is 12.5 Å². The molecule has 0 aliphatic carbocycles. The number of fused-ring (bicyclic) bond motifs is 1. The maximum atomic E-state index is 12.2. The molecule has 0 spiro atoms. The fraction of sp³-hybridized carbons (Fsp3) is 0.235. The Labute approximate surface area is 153 Å². The number of thiophene rings is 1. The lowest BCUT2D eigenvalue weighted by molar-refractivity contribution is -0.123. The molecular formula is C17H17N3O5S. The molecule has 0 saturated heterocycles. The first-order valence-corrected chi connectivity index (χ1v) is 8.70. The minimum absolute atomic E-state index is 0.00150. The summed E-state index contributed by atoms with van der Waals surface area (Å²) < 4.78 is 10.4. The van der Waals surface area contributed by atoms with Crippen molar-refractivity contribution in [1.82, 2.24) is 16.2 Å². The van der Waals surface area contributed by atoms with Gasteiger partial charge in [-0.25, -0.2) is 0 Å². The SMILES string of the molecule is CC(=O)NC(CC(=O)NNC(=O)c1ccc2c(c1)OCO2)c1cccs1. The number of hydrogen-bond donors (Lipinski definition) is 3. The quantitative estimate of drug-likeness (QED) is 0.687. The summed E-state index contributed by atoms with van der Waals surface area (Å²) in [5.74, 6) is -0.0947. The monoisotopic (exact) mass is 375 g/mol. The zero-order chi connectivity index (χ0) is 18.5. The highest BCUT2D eigenvalue weighted by Crippen LogP contribution is 2.32. The molecule has 9 heteroatoms. The maximum absolute atomic E-state index is 12.2. The van der Waals surface area contributed by atoms with E-state index in [-0.39, 0.29) is 19.1 Å². The largest absolute Gasteiger partial charge is 0.454 e. The summed E-state index contributed by atoms with van der Waals surface area (Å²) >= 11 is 1.44. The number of ether oxygens (including phenoxy) is 2. The van der Waals surface area contributed by atoms with Crippen molar-refractivity contribution >= 4 is 29.1 Å². The lowest BCUT2D eigenvalue weighted by Gasteiger charge is -2.16. The van der Waals surface area contributed by atoms with Crippen LogP contribution >= 0.6 is 11.3 Å². The number of benzene rings is 1. The van der Waals surface area contributed by atoms with Crippen LogP contribution in [0.3, 0.4) is 0 Å². The molecule has 1 aromatic carbocycles. The molecule has 8 nitrogen and oxygen atoms in total. The molecule has 1 unspecified atom stereocenters. The van der Waals surface area contributed by atoms with Gasteiger partial charge in [-0.3, -0.25) is 25.2 Å².